The zero-order valence-electron chi connectivity index (χ0n) is 15.5. The van der Waals surface area contributed by atoms with Crippen molar-refractivity contribution in [1.82, 2.24) is 4.98 Å². The monoisotopic (exact) mass is 359 g/mol. The lowest BCUT2D eigenvalue weighted by molar-refractivity contribution is 0.102. The first-order chi connectivity index (χ1) is 12.9. The molecule has 0 spiro atoms. The van der Waals surface area contributed by atoms with Crippen LogP contribution in [0.2, 0.25) is 0 Å². The summed E-state index contributed by atoms with van der Waals surface area (Å²) in [6, 6.07) is 14.9. The van der Waals surface area contributed by atoms with E-state index in [1.165, 1.54) is 12.4 Å². The van der Waals surface area contributed by atoms with E-state index in [1.807, 2.05) is 63.2 Å². The van der Waals surface area contributed by atoms with E-state index in [4.69, 9.17) is 0 Å². The molecule has 3 aromatic rings. The van der Waals surface area contributed by atoms with Gasteiger partial charge in [0.2, 0.25) is 0 Å². The highest BCUT2D eigenvalue weighted by Gasteiger charge is 2.13. The van der Waals surface area contributed by atoms with Crippen LogP contribution in [0.4, 0.5) is 11.4 Å². The van der Waals surface area contributed by atoms with Crippen LogP contribution in [-0.2, 0) is 0 Å². The van der Waals surface area contributed by atoms with E-state index in [1.54, 1.807) is 6.07 Å². The van der Waals surface area contributed by atoms with Crippen LogP contribution in [0.1, 0.15) is 37.4 Å². The number of para-hydroxylation sites is 1. The Labute approximate surface area is 158 Å². The quantitative estimate of drug-likeness (QED) is 0.720. The van der Waals surface area contributed by atoms with Gasteiger partial charge in [0, 0.05) is 23.8 Å². The number of hydrogen-bond acceptors (Lipinski definition) is 3. The van der Waals surface area contributed by atoms with Gasteiger partial charge in [0.05, 0.1) is 11.1 Å². The van der Waals surface area contributed by atoms with Gasteiger partial charge in [-0.1, -0.05) is 35.9 Å². The minimum absolute atomic E-state index is 0.301. The molecule has 136 valence electrons. The number of rotatable bonds is 4. The van der Waals surface area contributed by atoms with E-state index >= 15 is 0 Å². The molecule has 0 aliphatic rings. The second-order valence-corrected chi connectivity index (χ2v) is 6.50. The molecule has 2 N–H and O–H groups in total. The Kier molecular flexibility index (Phi) is 5.31. The summed E-state index contributed by atoms with van der Waals surface area (Å²) < 4.78 is 0. The Morgan fingerprint density at radius 3 is 1.93 bits per heavy atom. The molecular weight excluding hydrogens is 338 g/mol. The van der Waals surface area contributed by atoms with Crippen molar-refractivity contribution in [3.8, 4) is 0 Å². The van der Waals surface area contributed by atoms with Crippen LogP contribution < -0.4 is 10.6 Å². The first kappa shape index (κ1) is 18.3. The highest BCUT2D eigenvalue weighted by molar-refractivity contribution is 6.08. The number of pyridine rings is 1. The number of nitrogens with one attached hydrogen (secondary N) is 2. The minimum atomic E-state index is -0.312. The van der Waals surface area contributed by atoms with Gasteiger partial charge in [-0.15, -0.1) is 0 Å². The van der Waals surface area contributed by atoms with Gasteiger partial charge in [0.1, 0.15) is 0 Å². The number of aromatic nitrogens is 1. The molecule has 0 saturated heterocycles. The van der Waals surface area contributed by atoms with Gasteiger partial charge in [-0.05, 0) is 50.1 Å². The number of hydrogen-bond donors (Lipinski definition) is 2. The third-order valence-corrected chi connectivity index (χ3v) is 4.29. The van der Waals surface area contributed by atoms with E-state index in [-0.39, 0.29) is 11.8 Å². The molecule has 3 rings (SSSR count). The SMILES string of the molecule is Cc1ccc(NC(=O)c2cncc(C(=O)Nc3c(C)cccc3C)c2)cc1. The number of nitrogens with zero attached hydrogens (tertiary/aromatic N) is 1. The molecule has 0 bridgehead atoms. The van der Waals surface area contributed by atoms with Crippen LogP contribution in [0.5, 0.6) is 0 Å². The average Bonchev–Trinajstić information content (AvgIpc) is 2.66. The van der Waals surface area contributed by atoms with Gasteiger partial charge < -0.3 is 10.6 Å². The fraction of sp³-hybridized carbons (Fsp3) is 0.136. The van der Waals surface area contributed by atoms with Crippen LogP contribution in [-0.4, -0.2) is 16.8 Å². The predicted molar refractivity (Wildman–Crippen MR) is 107 cm³/mol. The topological polar surface area (TPSA) is 71.1 Å². The average molecular weight is 359 g/mol. The van der Waals surface area contributed by atoms with E-state index < -0.39 is 0 Å². The van der Waals surface area contributed by atoms with E-state index in [2.05, 4.69) is 15.6 Å². The molecule has 0 radical (unpaired) electrons. The Morgan fingerprint density at radius 2 is 1.33 bits per heavy atom. The van der Waals surface area contributed by atoms with Crippen LogP contribution in [0, 0.1) is 20.8 Å². The standard InChI is InChI=1S/C22H21N3O2/c1-14-7-9-19(10-8-14)24-21(26)17-11-18(13-23-12-17)22(27)25-20-15(2)5-4-6-16(20)3/h4-13H,1-3H3,(H,24,26)(H,25,27). The van der Waals surface area contributed by atoms with Crippen molar-refractivity contribution >= 4 is 23.2 Å². The molecule has 27 heavy (non-hydrogen) atoms. The summed E-state index contributed by atoms with van der Waals surface area (Å²) in [7, 11) is 0. The van der Waals surface area contributed by atoms with E-state index in [0.717, 1.165) is 22.4 Å². The molecule has 1 aromatic heterocycles. The van der Waals surface area contributed by atoms with Crippen molar-refractivity contribution in [2.75, 3.05) is 10.6 Å². The van der Waals surface area contributed by atoms with Gasteiger partial charge in [-0.3, -0.25) is 14.6 Å². The number of amides is 2. The molecule has 0 unspecified atom stereocenters. The number of carbonyl (C=O) groups excluding carboxylic acids is 2. The van der Waals surface area contributed by atoms with Crippen LogP contribution >= 0.6 is 0 Å². The largest absolute Gasteiger partial charge is 0.322 e. The summed E-state index contributed by atoms with van der Waals surface area (Å²) in [5, 5.41) is 5.72. The molecule has 2 aromatic carbocycles. The summed E-state index contributed by atoms with van der Waals surface area (Å²) in [6.45, 7) is 5.85. The fourth-order valence-electron chi connectivity index (χ4n) is 2.73. The van der Waals surface area contributed by atoms with Crippen molar-refractivity contribution in [1.29, 1.82) is 0 Å². The predicted octanol–water partition coefficient (Wildman–Crippen LogP) is 4.51. The summed E-state index contributed by atoms with van der Waals surface area (Å²) in [6.07, 6.45) is 2.89. The maximum atomic E-state index is 12.6. The molecule has 0 aliphatic heterocycles. The Morgan fingerprint density at radius 1 is 0.778 bits per heavy atom. The maximum Gasteiger partial charge on any atom is 0.257 e. The smallest absolute Gasteiger partial charge is 0.257 e. The highest BCUT2D eigenvalue weighted by Crippen LogP contribution is 2.20. The number of aryl methyl sites for hydroxylation is 3. The maximum absolute atomic E-state index is 12.6. The number of carbonyl (C=O) groups is 2. The van der Waals surface area contributed by atoms with Gasteiger partial charge in [-0.25, -0.2) is 0 Å². The van der Waals surface area contributed by atoms with Gasteiger partial charge >= 0.3 is 0 Å². The zero-order valence-corrected chi connectivity index (χ0v) is 15.5. The molecule has 0 fully saturated rings. The lowest BCUT2D eigenvalue weighted by Crippen LogP contribution is -2.17. The third-order valence-electron chi connectivity index (χ3n) is 4.29. The lowest BCUT2D eigenvalue weighted by atomic mass is 10.1. The van der Waals surface area contributed by atoms with E-state index in [0.29, 0.717) is 16.8 Å². The molecule has 0 atom stereocenters. The van der Waals surface area contributed by atoms with Crippen molar-refractivity contribution < 1.29 is 9.59 Å². The van der Waals surface area contributed by atoms with Crippen LogP contribution in [0.25, 0.3) is 0 Å². The molecule has 1 heterocycles. The Bertz CT molecular complexity index is 974. The first-order valence-corrected chi connectivity index (χ1v) is 8.64. The summed E-state index contributed by atoms with van der Waals surface area (Å²) in [5.41, 5.74) is 5.18. The van der Waals surface area contributed by atoms with E-state index in [9.17, 15) is 9.59 Å². The van der Waals surface area contributed by atoms with Crippen molar-refractivity contribution in [3.63, 3.8) is 0 Å². The molecule has 5 heteroatoms. The second-order valence-electron chi connectivity index (χ2n) is 6.50. The third kappa shape index (κ3) is 4.39. The molecule has 0 aliphatic carbocycles. The first-order valence-electron chi connectivity index (χ1n) is 8.64. The summed E-state index contributed by atoms with van der Waals surface area (Å²) >= 11 is 0. The summed E-state index contributed by atoms with van der Waals surface area (Å²) in [4.78, 5) is 29.1. The summed E-state index contributed by atoms with van der Waals surface area (Å²) in [5.74, 6) is -0.613. The van der Waals surface area contributed by atoms with Gasteiger partial charge in [0.15, 0.2) is 0 Å². The second kappa shape index (κ2) is 7.83. The van der Waals surface area contributed by atoms with Crippen LogP contribution in [0.15, 0.2) is 60.9 Å². The van der Waals surface area contributed by atoms with Crippen LogP contribution in [0.3, 0.4) is 0 Å². The Balaban J connectivity index is 1.77. The molecule has 0 saturated carbocycles. The molecule has 2 amide bonds. The highest BCUT2D eigenvalue weighted by atomic mass is 16.2. The Hall–Kier alpha value is -3.47. The molecule has 5 nitrogen and oxygen atoms in total. The van der Waals surface area contributed by atoms with Crippen molar-refractivity contribution in [2.45, 2.75) is 20.8 Å². The normalized spacial score (nSPS) is 10.3. The number of anilines is 2. The minimum Gasteiger partial charge on any atom is -0.322 e. The van der Waals surface area contributed by atoms with Gasteiger partial charge in [0.25, 0.3) is 11.8 Å². The molecular formula is C22H21N3O2. The lowest BCUT2D eigenvalue weighted by Gasteiger charge is -2.12. The van der Waals surface area contributed by atoms with Gasteiger partial charge in [-0.2, -0.15) is 0 Å². The number of benzene rings is 2. The fourth-order valence-corrected chi connectivity index (χ4v) is 2.73. The zero-order chi connectivity index (χ0) is 19.4. The van der Waals surface area contributed by atoms with Crippen molar-refractivity contribution in [2.24, 2.45) is 0 Å². The van der Waals surface area contributed by atoms with Crippen molar-refractivity contribution in [3.05, 3.63) is 88.7 Å².